The second-order valence-corrected chi connectivity index (χ2v) is 5.23. The molecule has 1 atom stereocenters. The number of nitrogens with one attached hydrogen (secondary N) is 2. The molecule has 0 fully saturated rings. The molecule has 0 saturated heterocycles. The average molecular weight is 324 g/mol. The zero-order chi connectivity index (χ0) is 15.2. The molecule has 0 radical (unpaired) electrons. The summed E-state index contributed by atoms with van der Waals surface area (Å²) in [5, 5.41) is 3.88. The predicted octanol–water partition coefficient (Wildman–Crippen LogP) is 4.00. The van der Waals surface area contributed by atoms with Crippen molar-refractivity contribution >= 4 is 35.2 Å². The van der Waals surface area contributed by atoms with Crippen LogP contribution in [0.5, 0.6) is 0 Å². The first kappa shape index (κ1) is 15.6. The van der Waals surface area contributed by atoms with Gasteiger partial charge in [-0.05, 0) is 24.6 Å². The lowest BCUT2D eigenvalue weighted by molar-refractivity contribution is -0.117. The van der Waals surface area contributed by atoms with Crippen LogP contribution in [0.15, 0.2) is 36.7 Å². The molecule has 110 valence electrons. The van der Waals surface area contributed by atoms with E-state index in [0.717, 1.165) is 12.2 Å². The van der Waals surface area contributed by atoms with E-state index in [9.17, 15) is 4.79 Å². The van der Waals surface area contributed by atoms with Crippen molar-refractivity contribution in [2.24, 2.45) is 0 Å². The lowest BCUT2D eigenvalue weighted by Gasteiger charge is -2.13. The van der Waals surface area contributed by atoms with E-state index in [4.69, 9.17) is 23.2 Å². The zero-order valence-corrected chi connectivity index (χ0v) is 12.9. The Balaban J connectivity index is 2.06. The third-order valence-corrected chi connectivity index (χ3v) is 3.63. The van der Waals surface area contributed by atoms with Crippen molar-refractivity contribution in [2.75, 3.05) is 0 Å². The minimum absolute atomic E-state index is 0.154. The van der Waals surface area contributed by atoms with Crippen molar-refractivity contribution < 1.29 is 4.79 Å². The van der Waals surface area contributed by atoms with E-state index < -0.39 is 0 Å². The van der Waals surface area contributed by atoms with Crippen LogP contribution in [0.3, 0.4) is 0 Å². The SMILES string of the molecule is CCC(NC(=O)/C=C/c1c(Cl)cccc1Cl)c1ncc[nH]1. The van der Waals surface area contributed by atoms with E-state index >= 15 is 0 Å². The lowest BCUT2D eigenvalue weighted by Crippen LogP contribution is -2.27. The van der Waals surface area contributed by atoms with Crippen LogP contribution in [-0.2, 0) is 4.79 Å². The largest absolute Gasteiger partial charge is 0.347 e. The summed E-state index contributed by atoms with van der Waals surface area (Å²) in [6.07, 6.45) is 7.14. The number of hydrogen-bond donors (Lipinski definition) is 2. The molecular formula is C15H15Cl2N3O. The molecule has 4 nitrogen and oxygen atoms in total. The number of carbonyl (C=O) groups is 1. The van der Waals surface area contributed by atoms with Gasteiger partial charge in [0.2, 0.25) is 5.91 Å². The Morgan fingerprint density at radius 1 is 1.43 bits per heavy atom. The Hall–Kier alpha value is -1.78. The molecule has 1 amide bonds. The number of nitrogens with zero attached hydrogens (tertiary/aromatic N) is 1. The lowest BCUT2D eigenvalue weighted by atomic mass is 10.2. The zero-order valence-electron chi connectivity index (χ0n) is 11.4. The van der Waals surface area contributed by atoms with Crippen LogP contribution in [0.4, 0.5) is 0 Å². The van der Waals surface area contributed by atoms with Crippen molar-refractivity contribution in [3.8, 4) is 0 Å². The van der Waals surface area contributed by atoms with Crippen molar-refractivity contribution in [2.45, 2.75) is 19.4 Å². The fourth-order valence-corrected chi connectivity index (χ4v) is 2.40. The summed E-state index contributed by atoms with van der Waals surface area (Å²) in [6, 6.07) is 5.05. The van der Waals surface area contributed by atoms with Gasteiger partial charge in [-0.25, -0.2) is 4.98 Å². The normalized spacial score (nSPS) is 12.5. The molecular weight excluding hydrogens is 309 g/mol. The maximum Gasteiger partial charge on any atom is 0.244 e. The average Bonchev–Trinajstić information content (AvgIpc) is 2.98. The number of carbonyl (C=O) groups excluding carboxylic acids is 1. The monoisotopic (exact) mass is 323 g/mol. The molecule has 0 bridgehead atoms. The van der Waals surface area contributed by atoms with Crippen LogP contribution >= 0.6 is 23.2 Å². The molecule has 1 aromatic carbocycles. The number of halogens is 2. The van der Waals surface area contributed by atoms with Crippen LogP contribution in [0.25, 0.3) is 6.08 Å². The molecule has 1 unspecified atom stereocenters. The number of aromatic amines is 1. The number of aromatic nitrogens is 2. The van der Waals surface area contributed by atoms with E-state index in [0.29, 0.717) is 15.6 Å². The molecule has 21 heavy (non-hydrogen) atoms. The van der Waals surface area contributed by atoms with E-state index in [2.05, 4.69) is 15.3 Å². The van der Waals surface area contributed by atoms with Crippen LogP contribution < -0.4 is 5.32 Å². The molecule has 2 rings (SSSR count). The molecule has 0 spiro atoms. The molecule has 6 heteroatoms. The summed E-state index contributed by atoms with van der Waals surface area (Å²) in [6.45, 7) is 1.97. The maximum atomic E-state index is 12.0. The van der Waals surface area contributed by atoms with Crippen LogP contribution in [0, 0.1) is 0 Å². The first-order valence-electron chi connectivity index (χ1n) is 6.53. The molecule has 2 aromatic rings. The Morgan fingerprint density at radius 2 is 2.14 bits per heavy atom. The fourth-order valence-electron chi connectivity index (χ4n) is 1.88. The summed E-state index contributed by atoms with van der Waals surface area (Å²) in [5.74, 6) is 0.504. The summed E-state index contributed by atoms with van der Waals surface area (Å²) in [4.78, 5) is 19.1. The Bertz CT molecular complexity index is 618. The van der Waals surface area contributed by atoms with Gasteiger partial charge in [-0.15, -0.1) is 0 Å². The molecule has 0 aliphatic carbocycles. The van der Waals surface area contributed by atoms with Crippen molar-refractivity contribution in [1.29, 1.82) is 0 Å². The Kier molecular flexibility index (Phi) is 5.42. The van der Waals surface area contributed by atoms with Gasteiger partial charge in [0.05, 0.1) is 6.04 Å². The molecule has 0 aliphatic rings. The van der Waals surface area contributed by atoms with Crippen molar-refractivity contribution in [1.82, 2.24) is 15.3 Å². The van der Waals surface area contributed by atoms with E-state index in [-0.39, 0.29) is 11.9 Å². The number of H-pyrrole nitrogens is 1. The number of imidazole rings is 1. The van der Waals surface area contributed by atoms with Gasteiger partial charge in [-0.2, -0.15) is 0 Å². The second kappa shape index (κ2) is 7.29. The van der Waals surface area contributed by atoms with Crippen LogP contribution in [-0.4, -0.2) is 15.9 Å². The summed E-state index contributed by atoms with van der Waals surface area (Å²) in [5.41, 5.74) is 0.627. The number of amides is 1. The van der Waals surface area contributed by atoms with Gasteiger partial charge in [-0.3, -0.25) is 4.79 Å². The summed E-state index contributed by atoms with van der Waals surface area (Å²) < 4.78 is 0. The Morgan fingerprint density at radius 3 is 2.71 bits per heavy atom. The van der Waals surface area contributed by atoms with Gasteiger partial charge in [0.25, 0.3) is 0 Å². The standard InChI is InChI=1S/C15H15Cl2N3O/c1-2-13(15-18-8-9-19-15)20-14(21)7-6-10-11(16)4-3-5-12(10)17/h3-9,13H,2H2,1H3,(H,18,19)(H,20,21)/b7-6+. The maximum absolute atomic E-state index is 12.0. The smallest absolute Gasteiger partial charge is 0.244 e. The number of benzene rings is 1. The van der Waals surface area contributed by atoms with Gasteiger partial charge in [0.15, 0.2) is 0 Å². The van der Waals surface area contributed by atoms with Gasteiger partial charge in [0, 0.05) is 34.1 Å². The third kappa shape index (κ3) is 4.09. The van der Waals surface area contributed by atoms with Gasteiger partial charge in [-0.1, -0.05) is 36.2 Å². The van der Waals surface area contributed by atoms with E-state index in [1.807, 2.05) is 6.92 Å². The highest BCUT2D eigenvalue weighted by molar-refractivity contribution is 6.37. The molecule has 1 aromatic heterocycles. The minimum atomic E-state index is -0.228. The van der Waals surface area contributed by atoms with Crippen LogP contribution in [0.2, 0.25) is 10.0 Å². The van der Waals surface area contributed by atoms with Gasteiger partial charge in [0.1, 0.15) is 5.82 Å². The fraction of sp³-hybridized carbons (Fsp3) is 0.200. The number of rotatable bonds is 5. The third-order valence-electron chi connectivity index (χ3n) is 2.98. The van der Waals surface area contributed by atoms with Crippen molar-refractivity contribution in [3.05, 3.63) is 58.1 Å². The minimum Gasteiger partial charge on any atom is -0.347 e. The highest BCUT2D eigenvalue weighted by Crippen LogP contribution is 2.25. The quantitative estimate of drug-likeness (QED) is 0.817. The van der Waals surface area contributed by atoms with E-state index in [1.54, 1.807) is 36.7 Å². The predicted molar refractivity (Wildman–Crippen MR) is 85.3 cm³/mol. The van der Waals surface area contributed by atoms with Gasteiger partial charge < -0.3 is 10.3 Å². The molecule has 2 N–H and O–H groups in total. The van der Waals surface area contributed by atoms with Crippen LogP contribution in [0.1, 0.15) is 30.8 Å². The topological polar surface area (TPSA) is 57.8 Å². The molecule has 0 saturated carbocycles. The highest BCUT2D eigenvalue weighted by atomic mass is 35.5. The number of hydrogen-bond acceptors (Lipinski definition) is 2. The summed E-state index contributed by atoms with van der Waals surface area (Å²) in [7, 11) is 0. The highest BCUT2D eigenvalue weighted by Gasteiger charge is 2.13. The second-order valence-electron chi connectivity index (χ2n) is 4.41. The molecule has 0 aliphatic heterocycles. The first-order chi connectivity index (χ1) is 10.1. The van der Waals surface area contributed by atoms with E-state index in [1.165, 1.54) is 6.08 Å². The van der Waals surface area contributed by atoms with Crippen molar-refractivity contribution in [3.63, 3.8) is 0 Å². The Labute approximate surface area is 133 Å². The summed E-state index contributed by atoms with van der Waals surface area (Å²) >= 11 is 12.1. The first-order valence-corrected chi connectivity index (χ1v) is 7.29. The van der Waals surface area contributed by atoms with Gasteiger partial charge >= 0.3 is 0 Å². The molecule has 1 heterocycles.